The van der Waals surface area contributed by atoms with Gasteiger partial charge >= 0.3 is 12.2 Å². The van der Waals surface area contributed by atoms with Gasteiger partial charge in [-0.05, 0) is 67.2 Å². The van der Waals surface area contributed by atoms with E-state index in [9.17, 15) is 14.4 Å². The molecule has 0 aromatic carbocycles. The standard InChI is InChI=1S/C12H19N3O2.C10H17NO3.C2H2O2/c1-12(2,3)17-11(16)15-8-4-5-9(15)10-13-6-7-14-10;1-10(2,3)14-9(13)11-6-4-5-8(11)7-12;3-1-2-4/h6-7,9H,4-5,8H2,1-3H3,(H,13,14);7-8H,4-6H2,1-3H3;1-2H/t9-;8-;/m00./s1. The summed E-state index contributed by atoms with van der Waals surface area (Å²) in [6.45, 7) is 12.4. The largest absolute Gasteiger partial charge is 0.444 e. The van der Waals surface area contributed by atoms with Crippen molar-refractivity contribution in [2.24, 2.45) is 0 Å². The second-order valence-electron chi connectivity index (χ2n) is 10.1. The molecule has 11 nitrogen and oxygen atoms in total. The van der Waals surface area contributed by atoms with Crippen molar-refractivity contribution in [3.63, 3.8) is 0 Å². The Labute approximate surface area is 206 Å². The van der Waals surface area contributed by atoms with Gasteiger partial charge in [-0.2, -0.15) is 0 Å². The summed E-state index contributed by atoms with van der Waals surface area (Å²) in [6, 6.07) is -0.260. The molecule has 0 radical (unpaired) electrons. The van der Waals surface area contributed by atoms with Gasteiger partial charge in [0.15, 0.2) is 12.6 Å². The number of nitrogens with one attached hydrogen (secondary N) is 1. The maximum absolute atomic E-state index is 12.0. The highest BCUT2D eigenvalue weighted by Crippen LogP contribution is 2.31. The minimum absolute atomic E-state index is 0.0276. The Morgan fingerprint density at radius 2 is 1.43 bits per heavy atom. The Bertz CT molecular complexity index is 822. The van der Waals surface area contributed by atoms with Crippen molar-refractivity contribution in [2.45, 2.75) is 90.5 Å². The summed E-state index contributed by atoms with van der Waals surface area (Å²) in [5.74, 6) is 0.841. The van der Waals surface area contributed by atoms with Gasteiger partial charge in [0, 0.05) is 25.5 Å². The van der Waals surface area contributed by atoms with Crippen LogP contribution in [0.15, 0.2) is 12.4 Å². The molecule has 0 bridgehead atoms. The molecule has 2 aliphatic heterocycles. The number of H-pyrrole nitrogens is 1. The quantitative estimate of drug-likeness (QED) is 0.498. The molecule has 3 heterocycles. The molecule has 0 saturated carbocycles. The van der Waals surface area contributed by atoms with E-state index < -0.39 is 11.2 Å². The molecule has 2 fully saturated rings. The Morgan fingerprint density at radius 1 is 0.914 bits per heavy atom. The lowest BCUT2D eigenvalue weighted by Crippen LogP contribution is -2.40. The smallest absolute Gasteiger partial charge is 0.410 e. The fourth-order valence-electron chi connectivity index (χ4n) is 3.53. The molecule has 35 heavy (non-hydrogen) atoms. The van der Waals surface area contributed by atoms with Gasteiger partial charge < -0.3 is 19.3 Å². The number of aromatic amines is 1. The number of amides is 2. The number of carbonyl (C=O) groups excluding carboxylic acids is 5. The second-order valence-corrected chi connectivity index (χ2v) is 10.1. The van der Waals surface area contributed by atoms with Gasteiger partial charge in [0.05, 0.1) is 12.1 Å². The fourth-order valence-corrected chi connectivity index (χ4v) is 3.53. The minimum atomic E-state index is -0.493. The summed E-state index contributed by atoms with van der Waals surface area (Å²) in [5, 5.41) is 0. The number of aromatic nitrogens is 2. The molecular formula is C24H38N4O7. The maximum atomic E-state index is 12.0. The highest BCUT2D eigenvalue weighted by molar-refractivity contribution is 6.09. The van der Waals surface area contributed by atoms with Crippen molar-refractivity contribution in [3.8, 4) is 0 Å². The number of likely N-dealkylation sites (tertiary alicyclic amines) is 2. The highest BCUT2D eigenvalue weighted by atomic mass is 16.6. The van der Waals surface area contributed by atoms with Crippen LogP contribution in [0.2, 0.25) is 0 Å². The highest BCUT2D eigenvalue weighted by Gasteiger charge is 2.34. The van der Waals surface area contributed by atoms with Crippen LogP contribution in [0.25, 0.3) is 0 Å². The molecule has 0 aliphatic carbocycles. The van der Waals surface area contributed by atoms with Crippen LogP contribution in [0.3, 0.4) is 0 Å². The lowest BCUT2D eigenvalue weighted by atomic mass is 10.2. The molecule has 2 saturated heterocycles. The van der Waals surface area contributed by atoms with E-state index in [0.29, 0.717) is 6.54 Å². The van der Waals surface area contributed by atoms with Crippen LogP contribution in [0, 0.1) is 0 Å². The molecule has 1 aromatic rings. The number of rotatable bonds is 3. The van der Waals surface area contributed by atoms with Crippen molar-refractivity contribution in [2.75, 3.05) is 13.1 Å². The minimum Gasteiger partial charge on any atom is -0.444 e. The predicted molar refractivity (Wildman–Crippen MR) is 128 cm³/mol. The first kappa shape index (κ1) is 29.8. The first-order valence-corrected chi connectivity index (χ1v) is 11.7. The summed E-state index contributed by atoms with van der Waals surface area (Å²) in [7, 11) is 0. The van der Waals surface area contributed by atoms with Crippen molar-refractivity contribution < 1.29 is 33.4 Å². The SMILES string of the molecule is CC(C)(C)OC(=O)N1CCC[C@H]1C=O.CC(C)(C)OC(=O)N1CCC[C@H]1c1ncc[nH]1.O=CC=O. The number of carbonyl (C=O) groups is 5. The van der Waals surface area contributed by atoms with Crippen LogP contribution < -0.4 is 0 Å². The zero-order valence-corrected chi connectivity index (χ0v) is 21.5. The molecule has 2 atom stereocenters. The number of imidazole rings is 1. The van der Waals surface area contributed by atoms with Crippen molar-refractivity contribution in [3.05, 3.63) is 18.2 Å². The van der Waals surface area contributed by atoms with Gasteiger partial charge in [-0.3, -0.25) is 19.4 Å². The summed E-state index contributed by atoms with van der Waals surface area (Å²) in [6.07, 6.45) is 7.62. The van der Waals surface area contributed by atoms with Gasteiger partial charge in [-0.1, -0.05) is 0 Å². The summed E-state index contributed by atoms with van der Waals surface area (Å²) in [4.78, 5) is 62.4. The van der Waals surface area contributed by atoms with E-state index in [2.05, 4.69) is 9.97 Å². The van der Waals surface area contributed by atoms with Crippen molar-refractivity contribution >= 4 is 31.0 Å². The summed E-state index contributed by atoms with van der Waals surface area (Å²) in [5.41, 5.74) is -0.944. The summed E-state index contributed by atoms with van der Waals surface area (Å²) >= 11 is 0. The van der Waals surface area contributed by atoms with Gasteiger partial charge in [-0.25, -0.2) is 14.6 Å². The van der Waals surface area contributed by atoms with Gasteiger partial charge in [-0.15, -0.1) is 0 Å². The third-order valence-electron chi connectivity index (χ3n) is 4.86. The van der Waals surface area contributed by atoms with Crippen LogP contribution in [0.1, 0.15) is 79.1 Å². The van der Waals surface area contributed by atoms with Gasteiger partial charge in [0.25, 0.3) is 0 Å². The lowest BCUT2D eigenvalue weighted by Gasteiger charge is -2.27. The normalized spacial score (nSPS) is 19.5. The fraction of sp³-hybridized carbons (Fsp3) is 0.667. The zero-order chi connectivity index (χ0) is 26.6. The topological polar surface area (TPSA) is 139 Å². The monoisotopic (exact) mass is 494 g/mol. The average Bonchev–Trinajstić information content (AvgIpc) is 3.52. The first-order valence-electron chi connectivity index (χ1n) is 11.7. The molecule has 2 amide bonds. The second kappa shape index (κ2) is 13.6. The van der Waals surface area contributed by atoms with Gasteiger partial charge in [0.2, 0.25) is 0 Å². The van der Waals surface area contributed by atoms with Gasteiger partial charge in [0.1, 0.15) is 23.3 Å². The van der Waals surface area contributed by atoms with Crippen LogP contribution in [0.5, 0.6) is 0 Å². The van der Waals surface area contributed by atoms with E-state index in [1.807, 2.05) is 41.5 Å². The first-order chi connectivity index (χ1) is 16.3. The molecule has 3 rings (SSSR count). The van der Waals surface area contributed by atoms with E-state index in [1.165, 1.54) is 4.90 Å². The molecular weight excluding hydrogens is 456 g/mol. The predicted octanol–water partition coefficient (Wildman–Crippen LogP) is 3.45. The average molecular weight is 495 g/mol. The van der Waals surface area contributed by atoms with Crippen LogP contribution in [-0.2, 0) is 23.9 Å². The van der Waals surface area contributed by atoms with E-state index in [1.54, 1.807) is 17.3 Å². The lowest BCUT2D eigenvalue weighted by molar-refractivity contribution is -0.122. The number of nitrogens with zero attached hydrogens (tertiary/aromatic N) is 3. The third kappa shape index (κ3) is 10.7. The number of ether oxygens (including phenoxy) is 2. The zero-order valence-electron chi connectivity index (χ0n) is 21.5. The Kier molecular flexibility index (Phi) is 11.6. The molecule has 1 aromatic heterocycles. The summed E-state index contributed by atoms with van der Waals surface area (Å²) < 4.78 is 10.6. The van der Waals surface area contributed by atoms with E-state index >= 15 is 0 Å². The number of hydrogen-bond donors (Lipinski definition) is 1. The van der Waals surface area contributed by atoms with E-state index in [4.69, 9.17) is 19.1 Å². The molecule has 0 unspecified atom stereocenters. The van der Waals surface area contributed by atoms with Crippen molar-refractivity contribution in [1.82, 2.24) is 19.8 Å². The Hall–Kier alpha value is -3.24. The Morgan fingerprint density at radius 3 is 1.89 bits per heavy atom. The van der Waals surface area contributed by atoms with Crippen LogP contribution in [-0.4, -0.2) is 81.1 Å². The van der Waals surface area contributed by atoms with E-state index in [0.717, 1.165) is 44.3 Å². The van der Waals surface area contributed by atoms with E-state index in [-0.39, 0.29) is 36.8 Å². The molecule has 1 N–H and O–H groups in total. The molecule has 0 spiro atoms. The van der Waals surface area contributed by atoms with Crippen LogP contribution >= 0.6 is 0 Å². The maximum Gasteiger partial charge on any atom is 0.410 e. The molecule has 196 valence electrons. The van der Waals surface area contributed by atoms with Crippen LogP contribution in [0.4, 0.5) is 9.59 Å². The third-order valence-corrected chi connectivity index (χ3v) is 4.86. The Balaban J connectivity index is 0.000000309. The van der Waals surface area contributed by atoms with Crippen molar-refractivity contribution in [1.29, 1.82) is 0 Å². The molecule has 2 aliphatic rings. The number of aldehydes is 3. The molecule has 11 heteroatoms. The number of hydrogen-bond acceptors (Lipinski definition) is 8.